The molecule has 0 amide bonds. The smallest absolute Gasteiger partial charge is 0.225 e. The van der Waals surface area contributed by atoms with E-state index in [2.05, 4.69) is 10.1 Å². The second-order valence-corrected chi connectivity index (χ2v) is 9.01. The summed E-state index contributed by atoms with van der Waals surface area (Å²) in [6.07, 6.45) is -4.65. The van der Waals surface area contributed by atoms with Crippen molar-refractivity contribution in [2.75, 3.05) is 0 Å². The number of thiazole rings is 1. The Labute approximate surface area is 171 Å². The lowest BCUT2D eigenvalue weighted by Crippen LogP contribution is -2.11. The van der Waals surface area contributed by atoms with Crippen molar-refractivity contribution in [2.24, 2.45) is 5.14 Å². The number of primary sulfonamides is 1. The van der Waals surface area contributed by atoms with Gasteiger partial charge in [0.15, 0.2) is 5.69 Å². The van der Waals surface area contributed by atoms with E-state index in [1.807, 2.05) is 0 Å². The number of rotatable bonds is 3. The zero-order valence-electron chi connectivity index (χ0n) is 14.2. The molecule has 0 fully saturated rings. The van der Waals surface area contributed by atoms with E-state index in [1.54, 1.807) is 24.3 Å². The highest BCUT2D eigenvalue weighted by molar-refractivity contribution is 7.89. The number of sulfonamides is 1. The molecular weight excluding hydrogens is 449 g/mol. The van der Waals surface area contributed by atoms with Crippen molar-refractivity contribution in [1.82, 2.24) is 14.8 Å². The third-order valence-electron chi connectivity index (χ3n) is 4.00. The van der Waals surface area contributed by atoms with Gasteiger partial charge in [0.05, 0.1) is 20.8 Å². The standard InChI is InChI=1S/C17H10ClF3N4O2S2/c18-10-3-1-9(2-4-10)13-8-15(17(19,20)21)24-25(13)16-23-12-6-5-11(29(22,26)27)7-14(12)28-16/h1-8H,(H2,22,26,27). The summed E-state index contributed by atoms with van der Waals surface area (Å²) in [5.74, 6) is 0. The Hall–Kier alpha value is -2.47. The first-order chi connectivity index (χ1) is 13.5. The molecule has 150 valence electrons. The Morgan fingerprint density at radius 3 is 2.38 bits per heavy atom. The van der Waals surface area contributed by atoms with Crippen molar-refractivity contribution in [2.45, 2.75) is 11.1 Å². The molecule has 4 rings (SSSR count). The van der Waals surface area contributed by atoms with Gasteiger partial charge in [-0.3, -0.25) is 0 Å². The average molecular weight is 459 g/mol. The van der Waals surface area contributed by atoms with Crippen LogP contribution in [0.15, 0.2) is 53.4 Å². The quantitative estimate of drug-likeness (QED) is 0.490. The monoisotopic (exact) mass is 458 g/mol. The molecule has 2 aromatic carbocycles. The number of fused-ring (bicyclic) bond motifs is 1. The number of hydrogen-bond acceptors (Lipinski definition) is 5. The van der Waals surface area contributed by atoms with E-state index < -0.39 is 21.9 Å². The maximum atomic E-state index is 13.3. The van der Waals surface area contributed by atoms with Crippen LogP contribution in [0.5, 0.6) is 0 Å². The van der Waals surface area contributed by atoms with Crippen LogP contribution >= 0.6 is 22.9 Å². The zero-order valence-corrected chi connectivity index (χ0v) is 16.6. The van der Waals surface area contributed by atoms with Crippen molar-refractivity contribution in [3.8, 4) is 16.4 Å². The molecule has 0 atom stereocenters. The van der Waals surface area contributed by atoms with Gasteiger partial charge in [0.25, 0.3) is 0 Å². The third kappa shape index (κ3) is 3.86. The summed E-state index contributed by atoms with van der Waals surface area (Å²) in [5, 5.41) is 9.39. The summed E-state index contributed by atoms with van der Waals surface area (Å²) in [4.78, 5) is 4.18. The van der Waals surface area contributed by atoms with Gasteiger partial charge in [-0.25, -0.2) is 23.2 Å². The predicted molar refractivity (Wildman–Crippen MR) is 104 cm³/mol. The van der Waals surface area contributed by atoms with E-state index in [-0.39, 0.29) is 15.7 Å². The molecule has 0 spiro atoms. The molecule has 0 aliphatic heterocycles. The number of benzene rings is 2. The van der Waals surface area contributed by atoms with Crippen LogP contribution in [0, 0.1) is 0 Å². The molecule has 0 bridgehead atoms. The largest absolute Gasteiger partial charge is 0.435 e. The first-order valence-electron chi connectivity index (χ1n) is 7.89. The molecule has 0 saturated heterocycles. The van der Waals surface area contributed by atoms with Gasteiger partial charge in [0, 0.05) is 10.6 Å². The lowest BCUT2D eigenvalue weighted by Gasteiger charge is -2.04. The summed E-state index contributed by atoms with van der Waals surface area (Å²) in [6.45, 7) is 0. The topological polar surface area (TPSA) is 90.9 Å². The van der Waals surface area contributed by atoms with Gasteiger partial charge in [-0.2, -0.15) is 18.3 Å². The van der Waals surface area contributed by atoms with Crippen molar-refractivity contribution in [3.05, 3.63) is 59.2 Å². The van der Waals surface area contributed by atoms with Crippen molar-refractivity contribution >= 4 is 43.2 Å². The molecule has 0 radical (unpaired) electrons. The number of hydrogen-bond donors (Lipinski definition) is 1. The molecule has 0 aliphatic rings. The molecule has 12 heteroatoms. The molecule has 2 aromatic heterocycles. The van der Waals surface area contributed by atoms with E-state index in [1.165, 1.54) is 18.2 Å². The van der Waals surface area contributed by atoms with E-state index >= 15 is 0 Å². The fraction of sp³-hybridized carbons (Fsp3) is 0.0588. The highest BCUT2D eigenvalue weighted by atomic mass is 35.5. The highest BCUT2D eigenvalue weighted by Gasteiger charge is 2.35. The molecular formula is C17H10ClF3N4O2S2. The Balaban J connectivity index is 1.91. The summed E-state index contributed by atoms with van der Waals surface area (Å²) < 4.78 is 64.4. The lowest BCUT2D eigenvalue weighted by atomic mass is 10.1. The minimum absolute atomic E-state index is 0.116. The lowest BCUT2D eigenvalue weighted by molar-refractivity contribution is -0.141. The molecule has 2 N–H and O–H groups in total. The Morgan fingerprint density at radius 1 is 1.07 bits per heavy atom. The highest BCUT2D eigenvalue weighted by Crippen LogP contribution is 2.35. The van der Waals surface area contributed by atoms with Gasteiger partial charge >= 0.3 is 6.18 Å². The first-order valence-corrected chi connectivity index (χ1v) is 10.6. The average Bonchev–Trinajstić information content (AvgIpc) is 3.24. The number of aromatic nitrogens is 3. The van der Waals surface area contributed by atoms with E-state index in [0.29, 0.717) is 20.8 Å². The van der Waals surface area contributed by atoms with Gasteiger partial charge in [-0.15, -0.1) is 0 Å². The summed E-state index contributed by atoms with van der Waals surface area (Å²) in [7, 11) is -3.92. The van der Waals surface area contributed by atoms with Gasteiger partial charge in [-0.1, -0.05) is 35.1 Å². The summed E-state index contributed by atoms with van der Waals surface area (Å²) in [6, 6.07) is 11.2. The fourth-order valence-electron chi connectivity index (χ4n) is 2.65. The van der Waals surface area contributed by atoms with Crippen LogP contribution in [0.1, 0.15) is 5.69 Å². The Bertz CT molecular complexity index is 1330. The maximum Gasteiger partial charge on any atom is 0.435 e. The molecule has 0 aliphatic carbocycles. The van der Waals surface area contributed by atoms with Crippen molar-refractivity contribution < 1.29 is 21.6 Å². The van der Waals surface area contributed by atoms with Crippen LogP contribution in [0.3, 0.4) is 0 Å². The summed E-state index contributed by atoms with van der Waals surface area (Å²) >= 11 is 6.86. The van der Waals surface area contributed by atoms with Crippen LogP contribution in [-0.2, 0) is 16.2 Å². The first kappa shape index (κ1) is 19.8. The molecule has 2 heterocycles. The number of halogens is 4. The second kappa shape index (κ2) is 6.80. The molecule has 4 aromatic rings. The van der Waals surface area contributed by atoms with Crippen LogP contribution in [0.2, 0.25) is 5.02 Å². The van der Waals surface area contributed by atoms with Gasteiger partial charge < -0.3 is 0 Å². The number of nitrogens with two attached hydrogens (primary N) is 1. The van der Waals surface area contributed by atoms with Gasteiger partial charge in [0.1, 0.15) is 0 Å². The van der Waals surface area contributed by atoms with E-state index in [4.69, 9.17) is 16.7 Å². The SMILES string of the molecule is NS(=O)(=O)c1ccc2nc(-n3nc(C(F)(F)F)cc3-c3ccc(Cl)cc3)sc2c1. The second-order valence-electron chi connectivity index (χ2n) is 6.00. The van der Waals surface area contributed by atoms with Crippen molar-refractivity contribution in [3.63, 3.8) is 0 Å². The molecule has 0 unspecified atom stereocenters. The van der Waals surface area contributed by atoms with Crippen LogP contribution in [-0.4, -0.2) is 23.2 Å². The van der Waals surface area contributed by atoms with Crippen LogP contribution in [0.25, 0.3) is 26.6 Å². The molecule has 29 heavy (non-hydrogen) atoms. The fourth-order valence-corrected chi connectivity index (χ4v) is 4.36. The normalized spacial score (nSPS) is 12.6. The maximum absolute atomic E-state index is 13.3. The van der Waals surface area contributed by atoms with Crippen LogP contribution in [0.4, 0.5) is 13.2 Å². The third-order valence-corrected chi connectivity index (χ3v) is 6.15. The van der Waals surface area contributed by atoms with E-state index in [0.717, 1.165) is 22.1 Å². The zero-order chi connectivity index (χ0) is 21.0. The molecule has 0 saturated carbocycles. The van der Waals surface area contributed by atoms with E-state index in [9.17, 15) is 21.6 Å². The van der Waals surface area contributed by atoms with Crippen molar-refractivity contribution in [1.29, 1.82) is 0 Å². The Kier molecular flexibility index (Phi) is 4.65. The summed E-state index contributed by atoms with van der Waals surface area (Å²) in [5.41, 5.74) is -0.0444. The van der Waals surface area contributed by atoms with Gasteiger partial charge in [0.2, 0.25) is 15.2 Å². The van der Waals surface area contributed by atoms with Gasteiger partial charge in [-0.05, 0) is 36.4 Å². The minimum Gasteiger partial charge on any atom is -0.225 e. The molecule has 6 nitrogen and oxygen atoms in total. The number of nitrogens with zero attached hydrogens (tertiary/aromatic N) is 3. The Morgan fingerprint density at radius 2 is 1.76 bits per heavy atom. The minimum atomic E-state index is -4.65. The van der Waals surface area contributed by atoms with Crippen LogP contribution < -0.4 is 5.14 Å². The number of alkyl halides is 3. The predicted octanol–water partition coefficient (Wildman–Crippen LogP) is 4.47.